The van der Waals surface area contributed by atoms with E-state index in [1.54, 1.807) is 12.1 Å². The second-order valence-electron chi connectivity index (χ2n) is 3.89. The second kappa shape index (κ2) is 4.22. The Morgan fingerprint density at radius 1 is 1.50 bits per heavy atom. The molecule has 0 aliphatic rings. The standard InChI is InChI=1S/C11H15NO2/c1-7(2)4-10-6-9(11(13)14)5-8(3)12-10/h5-7H,4H2,1-3H3,(H,13,14). The Morgan fingerprint density at radius 2 is 2.14 bits per heavy atom. The van der Waals surface area contributed by atoms with E-state index in [-0.39, 0.29) is 0 Å². The second-order valence-corrected chi connectivity index (χ2v) is 3.89. The number of carboxylic acid groups (broad SMARTS) is 1. The zero-order chi connectivity index (χ0) is 10.7. The van der Waals surface area contributed by atoms with E-state index in [0.29, 0.717) is 11.5 Å². The molecule has 0 aliphatic carbocycles. The molecule has 0 bridgehead atoms. The number of pyridine rings is 1. The fourth-order valence-corrected chi connectivity index (χ4v) is 1.38. The van der Waals surface area contributed by atoms with Crippen molar-refractivity contribution in [3.63, 3.8) is 0 Å². The van der Waals surface area contributed by atoms with Crippen molar-refractivity contribution in [2.75, 3.05) is 0 Å². The molecule has 1 N–H and O–H groups in total. The fourth-order valence-electron chi connectivity index (χ4n) is 1.38. The summed E-state index contributed by atoms with van der Waals surface area (Å²) in [6, 6.07) is 3.24. The largest absolute Gasteiger partial charge is 0.478 e. The van der Waals surface area contributed by atoms with Gasteiger partial charge in [-0.25, -0.2) is 4.79 Å². The van der Waals surface area contributed by atoms with Gasteiger partial charge in [0, 0.05) is 11.4 Å². The SMILES string of the molecule is Cc1cc(C(=O)O)cc(CC(C)C)n1. The monoisotopic (exact) mass is 193 g/mol. The fraction of sp³-hybridized carbons (Fsp3) is 0.455. The number of hydrogen-bond acceptors (Lipinski definition) is 2. The summed E-state index contributed by atoms with van der Waals surface area (Å²) in [6.45, 7) is 5.99. The molecule has 1 aromatic heterocycles. The third-order valence-corrected chi connectivity index (χ3v) is 1.87. The quantitative estimate of drug-likeness (QED) is 0.801. The highest BCUT2D eigenvalue weighted by Crippen LogP contribution is 2.10. The van der Waals surface area contributed by atoms with Crippen LogP contribution in [-0.4, -0.2) is 16.1 Å². The molecule has 0 aliphatic heterocycles. The predicted molar refractivity (Wildman–Crippen MR) is 54.5 cm³/mol. The maximum absolute atomic E-state index is 10.8. The number of hydrogen-bond donors (Lipinski definition) is 1. The molecule has 0 atom stereocenters. The van der Waals surface area contributed by atoms with E-state index < -0.39 is 5.97 Å². The normalized spacial score (nSPS) is 10.6. The lowest BCUT2D eigenvalue weighted by Crippen LogP contribution is -2.04. The summed E-state index contributed by atoms with van der Waals surface area (Å²) in [5.41, 5.74) is 1.95. The third kappa shape index (κ3) is 2.83. The van der Waals surface area contributed by atoms with E-state index in [4.69, 9.17) is 5.11 Å². The van der Waals surface area contributed by atoms with E-state index in [2.05, 4.69) is 18.8 Å². The van der Waals surface area contributed by atoms with Crippen LogP contribution in [0.4, 0.5) is 0 Å². The van der Waals surface area contributed by atoms with Crippen LogP contribution in [0.25, 0.3) is 0 Å². The molecule has 0 fully saturated rings. The van der Waals surface area contributed by atoms with Crippen LogP contribution in [0.3, 0.4) is 0 Å². The van der Waals surface area contributed by atoms with Gasteiger partial charge in [0.25, 0.3) is 0 Å². The van der Waals surface area contributed by atoms with Crippen molar-refractivity contribution in [2.45, 2.75) is 27.2 Å². The van der Waals surface area contributed by atoms with E-state index in [9.17, 15) is 4.79 Å². The van der Waals surface area contributed by atoms with Crippen molar-refractivity contribution < 1.29 is 9.90 Å². The number of nitrogens with zero attached hydrogens (tertiary/aromatic N) is 1. The highest BCUT2D eigenvalue weighted by Gasteiger charge is 2.07. The average Bonchev–Trinajstić information content (AvgIpc) is 2.01. The van der Waals surface area contributed by atoms with E-state index in [1.165, 1.54) is 0 Å². The highest BCUT2D eigenvalue weighted by molar-refractivity contribution is 5.87. The van der Waals surface area contributed by atoms with Gasteiger partial charge in [-0.05, 0) is 31.4 Å². The molecule has 76 valence electrons. The molecule has 14 heavy (non-hydrogen) atoms. The number of aromatic nitrogens is 1. The summed E-state index contributed by atoms with van der Waals surface area (Å²) in [6.07, 6.45) is 0.821. The highest BCUT2D eigenvalue weighted by atomic mass is 16.4. The zero-order valence-electron chi connectivity index (χ0n) is 8.74. The molecule has 3 nitrogen and oxygen atoms in total. The lowest BCUT2D eigenvalue weighted by atomic mass is 10.1. The minimum atomic E-state index is -0.888. The molecule has 1 heterocycles. The lowest BCUT2D eigenvalue weighted by molar-refractivity contribution is 0.0696. The van der Waals surface area contributed by atoms with Gasteiger partial charge in [-0.15, -0.1) is 0 Å². The van der Waals surface area contributed by atoms with Crippen molar-refractivity contribution in [1.29, 1.82) is 0 Å². The average molecular weight is 193 g/mol. The lowest BCUT2D eigenvalue weighted by Gasteiger charge is -2.06. The summed E-state index contributed by atoms with van der Waals surface area (Å²) >= 11 is 0. The van der Waals surface area contributed by atoms with Crippen LogP contribution < -0.4 is 0 Å². The van der Waals surface area contributed by atoms with Crippen LogP contribution in [0.5, 0.6) is 0 Å². The minimum absolute atomic E-state index is 0.327. The number of aryl methyl sites for hydroxylation is 1. The van der Waals surface area contributed by atoms with Gasteiger partial charge in [0.1, 0.15) is 0 Å². The van der Waals surface area contributed by atoms with Crippen LogP contribution in [0.15, 0.2) is 12.1 Å². The first-order chi connectivity index (χ1) is 6.49. The Kier molecular flexibility index (Phi) is 3.23. The van der Waals surface area contributed by atoms with Gasteiger partial charge in [0.05, 0.1) is 5.56 Å². The summed E-state index contributed by atoms with van der Waals surface area (Å²) in [5.74, 6) is -0.397. The van der Waals surface area contributed by atoms with Crippen molar-refractivity contribution in [2.24, 2.45) is 5.92 Å². The molecule has 0 unspecified atom stereocenters. The Bertz CT molecular complexity index is 345. The van der Waals surface area contributed by atoms with Crippen molar-refractivity contribution in [3.05, 3.63) is 29.1 Å². The molecule has 0 radical (unpaired) electrons. The van der Waals surface area contributed by atoms with Gasteiger partial charge < -0.3 is 5.11 Å². The first-order valence-electron chi connectivity index (χ1n) is 4.70. The number of aromatic carboxylic acids is 1. The predicted octanol–water partition coefficient (Wildman–Crippen LogP) is 2.29. The van der Waals surface area contributed by atoms with Crippen LogP contribution >= 0.6 is 0 Å². The van der Waals surface area contributed by atoms with Gasteiger partial charge in [0.15, 0.2) is 0 Å². The first kappa shape index (κ1) is 10.7. The summed E-state index contributed by atoms with van der Waals surface area (Å²) in [7, 11) is 0. The number of rotatable bonds is 3. The van der Waals surface area contributed by atoms with E-state index in [0.717, 1.165) is 17.8 Å². The topological polar surface area (TPSA) is 50.2 Å². The third-order valence-electron chi connectivity index (χ3n) is 1.87. The maximum Gasteiger partial charge on any atom is 0.335 e. The van der Waals surface area contributed by atoms with E-state index >= 15 is 0 Å². The molecule has 3 heteroatoms. The summed E-state index contributed by atoms with van der Waals surface area (Å²) in [5, 5.41) is 8.84. The first-order valence-corrected chi connectivity index (χ1v) is 4.70. The summed E-state index contributed by atoms with van der Waals surface area (Å²) in [4.78, 5) is 15.1. The molecule has 1 rings (SSSR count). The van der Waals surface area contributed by atoms with E-state index in [1.807, 2.05) is 6.92 Å². The Balaban J connectivity index is 3.01. The van der Waals surface area contributed by atoms with Crippen LogP contribution in [0.2, 0.25) is 0 Å². The minimum Gasteiger partial charge on any atom is -0.478 e. The molecule has 0 saturated carbocycles. The Hall–Kier alpha value is -1.38. The Labute approximate surface area is 83.8 Å². The number of carboxylic acids is 1. The van der Waals surface area contributed by atoms with Gasteiger partial charge >= 0.3 is 5.97 Å². The molecular formula is C11H15NO2. The van der Waals surface area contributed by atoms with Gasteiger partial charge in [-0.3, -0.25) is 4.98 Å². The van der Waals surface area contributed by atoms with Crippen molar-refractivity contribution >= 4 is 5.97 Å². The molecular weight excluding hydrogens is 178 g/mol. The smallest absolute Gasteiger partial charge is 0.335 e. The maximum atomic E-state index is 10.8. The molecule has 0 saturated heterocycles. The van der Waals surface area contributed by atoms with Crippen molar-refractivity contribution in [1.82, 2.24) is 4.98 Å². The zero-order valence-corrected chi connectivity index (χ0v) is 8.74. The van der Waals surface area contributed by atoms with Crippen molar-refractivity contribution in [3.8, 4) is 0 Å². The van der Waals surface area contributed by atoms with Gasteiger partial charge in [-0.2, -0.15) is 0 Å². The molecule has 1 aromatic rings. The van der Waals surface area contributed by atoms with Crippen LogP contribution in [-0.2, 0) is 6.42 Å². The molecule has 0 aromatic carbocycles. The van der Waals surface area contributed by atoms with Gasteiger partial charge in [-0.1, -0.05) is 13.8 Å². The van der Waals surface area contributed by atoms with Crippen LogP contribution in [0, 0.1) is 12.8 Å². The van der Waals surface area contributed by atoms with Gasteiger partial charge in [0.2, 0.25) is 0 Å². The molecule has 0 spiro atoms. The Morgan fingerprint density at radius 3 is 2.64 bits per heavy atom. The van der Waals surface area contributed by atoms with Crippen LogP contribution in [0.1, 0.15) is 35.6 Å². The number of carbonyl (C=O) groups is 1. The summed E-state index contributed by atoms with van der Waals surface area (Å²) < 4.78 is 0. The molecule has 0 amide bonds.